The molecule has 0 rings (SSSR count). The first-order chi connectivity index (χ1) is 5.41. The Kier molecular flexibility index (Phi) is 9.85. The molecule has 0 saturated carbocycles. The highest BCUT2D eigenvalue weighted by molar-refractivity contribution is 4.46. The largest absolute Gasteiger partial charge is 0.385 e. The molecule has 0 aromatic rings. The quantitative estimate of drug-likeness (QED) is 0.545. The third-order valence-corrected chi connectivity index (χ3v) is 1.70. The number of hydrogen-bond donors (Lipinski definition) is 1. The van der Waals surface area contributed by atoms with Crippen LogP contribution in [0.1, 0.15) is 32.6 Å². The van der Waals surface area contributed by atoms with Crippen LogP contribution in [0.25, 0.3) is 0 Å². The van der Waals surface area contributed by atoms with Gasteiger partial charge in [-0.15, -0.1) is 0 Å². The van der Waals surface area contributed by atoms with Crippen molar-refractivity contribution in [2.24, 2.45) is 0 Å². The number of nitrogens with one attached hydrogen (secondary N) is 1. The predicted molar refractivity (Wildman–Crippen MR) is 48.9 cm³/mol. The number of unbranched alkanes of at least 4 members (excludes halogenated alkanes) is 3. The van der Waals surface area contributed by atoms with Crippen molar-refractivity contribution in [1.82, 2.24) is 5.32 Å². The summed E-state index contributed by atoms with van der Waals surface area (Å²) in [6.45, 7) is 5.33. The Morgan fingerprint density at radius 1 is 1.09 bits per heavy atom. The molecule has 0 aromatic carbocycles. The SMILES string of the molecule is CCNCCCCCCOC. The van der Waals surface area contributed by atoms with Crippen LogP contribution in [-0.4, -0.2) is 26.8 Å². The van der Waals surface area contributed by atoms with Crippen LogP contribution in [0.2, 0.25) is 0 Å². The molecule has 2 nitrogen and oxygen atoms in total. The molecule has 0 atom stereocenters. The number of ether oxygens (including phenoxy) is 1. The maximum atomic E-state index is 4.95. The van der Waals surface area contributed by atoms with Crippen molar-refractivity contribution < 1.29 is 4.74 Å². The van der Waals surface area contributed by atoms with Crippen molar-refractivity contribution in [2.75, 3.05) is 26.8 Å². The van der Waals surface area contributed by atoms with E-state index in [1.54, 1.807) is 7.11 Å². The van der Waals surface area contributed by atoms with Gasteiger partial charge in [0.1, 0.15) is 0 Å². The highest BCUT2D eigenvalue weighted by Gasteiger charge is 1.88. The second-order valence-electron chi connectivity index (χ2n) is 2.76. The first kappa shape index (κ1) is 10.9. The molecule has 0 spiro atoms. The number of methoxy groups -OCH3 is 1. The molecule has 2 heteroatoms. The van der Waals surface area contributed by atoms with Gasteiger partial charge in [-0.3, -0.25) is 0 Å². The molecule has 0 saturated heterocycles. The molecule has 0 aromatic heterocycles. The second kappa shape index (κ2) is 9.92. The molecular weight excluding hydrogens is 138 g/mol. The van der Waals surface area contributed by atoms with Gasteiger partial charge in [-0.05, 0) is 25.9 Å². The average molecular weight is 159 g/mol. The van der Waals surface area contributed by atoms with Crippen molar-refractivity contribution >= 4 is 0 Å². The van der Waals surface area contributed by atoms with Crippen LogP contribution in [0.3, 0.4) is 0 Å². The fourth-order valence-electron chi connectivity index (χ4n) is 1.03. The van der Waals surface area contributed by atoms with E-state index in [1.165, 1.54) is 32.2 Å². The standard InChI is InChI=1S/C9H21NO/c1-3-10-8-6-4-5-7-9-11-2/h10H,3-9H2,1-2H3. The van der Waals surface area contributed by atoms with E-state index in [9.17, 15) is 0 Å². The van der Waals surface area contributed by atoms with E-state index in [2.05, 4.69) is 12.2 Å². The zero-order chi connectivity index (χ0) is 8.36. The summed E-state index contributed by atoms with van der Waals surface area (Å²) >= 11 is 0. The zero-order valence-corrected chi connectivity index (χ0v) is 7.86. The molecular formula is C9H21NO. The van der Waals surface area contributed by atoms with E-state index >= 15 is 0 Å². The van der Waals surface area contributed by atoms with E-state index in [1.807, 2.05) is 0 Å². The van der Waals surface area contributed by atoms with E-state index in [-0.39, 0.29) is 0 Å². The minimum atomic E-state index is 0.918. The molecule has 0 bridgehead atoms. The topological polar surface area (TPSA) is 21.3 Å². The van der Waals surface area contributed by atoms with Gasteiger partial charge in [-0.25, -0.2) is 0 Å². The van der Waals surface area contributed by atoms with E-state index in [4.69, 9.17) is 4.74 Å². The minimum Gasteiger partial charge on any atom is -0.385 e. The van der Waals surface area contributed by atoms with Crippen LogP contribution in [0, 0.1) is 0 Å². The summed E-state index contributed by atoms with van der Waals surface area (Å²) in [5.74, 6) is 0. The Balaban J connectivity index is 2.69. The Hall–Kier alpha value is -0.0800. The molecule has 0 amide bonds. The van der Waals surface area contributed by atoms with Crippen molar-refractivity contribution in [3.63, 3.8) is 0 Å². The van der Waals surface area contributed by atoms with Crippen molar-refractivity contribution in [3.05, 3.63) is 0 Å². The van der Waals surface area contributed by atoms with E-state index < -0.39 is 0 Å². The molecule has 0 unspecified atom stereocenters. The van der Waals surface area contributed by atoms with Gasteiger partial charge in [0.25, 0.3) is 0 Å². The predicted octanol–water partition coefficient (Wildman–Crippen LogP) is 1.80. The first-order valence-corrected chi connectivity index (χ1v) is 4.61. The second-order valence-corrected chi connectivity index (χ2v) is 2.76. The van der Waals surface area contributed by atoms with Gasteiger partial charge < -0.3 is 10.1 Å². The van der Waals surface area contributed by atoms with Crippen molar-refractivity contribution in [1.29, 1.82) is 0 Å². The van der Waals surface area contributed by atoms with Gasteiger partial charge in [0, 0.05) is 13.7 Å². The average Bonchev–Trinajstić information content (AvgIpc) is 2.03. The third-order valence-electron chi connectivity index (χ3n) is 1.70. The van der Waals surface area contributed by atoms with E-state index in [0.29, 0.717) is 0 Å². The molecule has 68 valence electrons. The van der Waals surface area contributed by atoms with Crippen molar-refractivity contribution in [2.45, 2.75) is 32.6 Å². The van der Waals surface area contributed by atoms with Crippen LogP contribution in [0.4, 0.5) is 0 Å². The molecule has 0 aliphatic carbocycles. The highest BCUT2D eigenvalue weighted by Crippen LogP contribution is 1.98. The van der Waals surface area contributed by atoms with Crippen LogP contribution < -0.4 is 5.32 Å². The summed E-state index contributed by atoms with van der Waals surface area (Å²) in [5.41, 5.74) is 0. The lowest BCUT2D eigenvalue weighted by Crippen LogP contribution is -2.13. The lowest BCUT2D eigenvalue weighted by molar-refractivity contribution is 0.192. The normalized spacial score (nSPS) is 10.4. The fraction of sp³-hybridized carbons (Fsp3) is 1.00. The van der Waals surface area contributed by atoms with Crippen molar-refractivity contribution in [3.8, 4) is 0 Å². The third kappa shape index (κ3) is 9.92. The summed E-state index contributed by atoms with van der Waals surface area (Å²) in [6.07, 6.45) is 5.15. The number of hydrogen-bond acceptors (Lipinski definition) is 2. The Bertz CT molecular complexity index is 58.6. The van der Waals surface area contributed by atoms with Crippen LogP contribution in [0.5, 0.6) is 0 Å². The summed E-state index contributed by atoms with van der Waals surface area (Å²) in [6, 6.07) is 0. The zero-order valence-electron chi connectivity index (χ0n) is 7.86. The minimum absolute atomic E-state index is 0.918. The molecule has 0 aliphatic heterocycles. The molecule has 0 fully saturated rings. The van der Waals surface area contributed by atoms with Gasteiger partial charge in [-0.1, -0.05) is 19.8 Å². The lowest BCUT2D eigenvalue weighted by Gasteiger charge is -2.01. The van der Waals surface area contributed by atoms with Crippen LogP contribution in [0.15, 0.2) is 0 Å². The summed E-state index contributed by atoms with van der Waals surface area (Å²) < 4.78 is 4.95. The Morgan fingerprint density at radius 3 is 2.45 bits per heavy atom. The van der Waals surface area contributed by atoms with Crippen LogP contribution >= 0.6 is 0 Å². The molecule has 0 heterocycles. The molecule has 1 N–H and O–H groups in total. The van der Waals surface area contributed by atoms with Gasteiger partial charge in [-0.2, -0.15) is 0 Å². The molecule has 0 radical (unpaired) electrons. The lowest BCUT2D eigenvalue weighted by atomic mass is 10.2. The summed E-state index contributed by atoms with van der Waals surface area (Å²) in [5, 5.41) is 3.31. The monoisotopic (exact) mass is 159 g/mol. The first-order valence-electron chi connectivity index (χ1n) is 4.61. The van der Waals surface area contributed by atoms with Gasteiger partial charge in [0.05, 0.1) is 0 Å². The summed E-state index contributed by atoms with van der Waals surface area (Å²) in [4.78, 5) is 0. The number of rotatable bonds is 8. The van der Waals surface area contributed by atoms with Crippen LogP contribution in [-0.2, 0) is 4.74 Å². The van der Waals surface area contributed by atoms with Gasteiger partial charge in [0.15, 0.2) is 0 Å². The fourth-order valence-corrected chi connectivity index (χ4v) is 1.03. The highest BCUT2D eigenvalue weighted by atomic mass is 16.5. The smallest absolute Gasteiger partial charge is 0.0462 e. The van der Waals surface area contributed by atoms with Gasteiger partial charge >= 0.3 is 0 Å². The maximum absolute atomic E-state index is 4.95. The molecule has 0 aliphatic rings. The van der Waals surface area contributed by atoms with Gasteiger partial charge in [0.2, 0.25) is 0 Å². The Morgan fingerprint density at radius 2 is 1.82 bits per heavy atom. The maximum Gasteiger partial charge on any atom is 0.0462 e. The van der Waals surface area contributed by atoms with E-state index in [0.717, 1.165) is 13.2 Å². The Labute approximate surface area is 70.3 Å². The summed E-state index contributed by atoms with van der Waals surface area (Å²) in [7, 11) is 1.76. The molecule has 11 heavy (non-hydrogen) atoms.